The van der Waals surface area contributed by atoms with E-state index in [1.54, 1.807) is 18.5 Å². The summed E-state index contributed by atoms with van der Waals surface area (Å²) < 4.78 is 0. The molecule has 0 spiro atoms. The molecule has 0 radical (unpaired) electrons. The zero-order chi connectivity index (χ0) is 4.24. The van der Waals surface area contributed by atoms with E-state index in [2.05, 4.69) is 15.4 Å². The summed E-state index contributed by atoms with van der Waals surface area (Å²) in [6.07, 6.45) is 3.15. The van der Waals surface area contributed by atoms with Crippen LogP contribution >= 0.6 is 0 Å². The third-order valence-corrected chi connectivity index (χ3v) is 0.409. The molecular weight excluding hydrogens is 117 g/mol. The number of nitrogens with zero attached hydrogens (tertiary/aromatic N) is 3. The Balaban J connectivity index is 0.000000360. The minimum atomic E-state index is 0. The topological polar surface area (TPSA) is 38.7 Å². The van der Waals surface area contributed by atoms with Gasteiger partial charge in [0.15, 0.2) is 0 Å². The van der Waals surface area contributed by atoms with Crippen LogP contribution in [0.3, 0.4) is 0 Å². The van der Waals surface area contributed by atoms with Gasteiger partial charge >= 0.3 is 51.4 Å². The predicted octanol–water partition coefficient (Wildman–Crippen LogP) is -0.777. The number of aromatic nitrogens is 3. The van der Waals surface area contributed by atoms with E-state index in [1.165, 1.54) is 0 Å². The first-order chi connectivity index (χ1) is 3.00. The minimum absolute atomic E-state index is 0. The molecule has 0 aliphatic rings. The molecule has 0 aliphatic carbocycles. The van der Waals surface area contributed by atoms with Crippen molar-refractivity contribution in [3.8, 4) is 0 Å². The van der Waals surface area contributed by atoms with Crippen LogP contribution in [0.5, 0.6) is 0 Å². The summed E-state index contributed by atoms with van der Waals surface area (Å²) in [7, 11) is 0. The van der Waals surface area contributed by atoms with Crippen molar-refractivity contribution in [2.45, 2.75) is 0 Å². The SMILES string of the molecule is [KH].c1cnnnc1. The summed E-state index contributed by atoms with van der Waals surface area (Å²) >= 11 is 0. The molecular formula is C3H4KN3. The number of hydrogen-bond donors (Lipinski definition) is 0. The van der Waals surface area contributed by atoms with Gasteiger partial charge in [-0.05, 0) is 11.3 Å². The van der Waals surface area contributed by atoms with Crippen molar-refractivity contribution >= 4 is 51.4 Å². The van der Waals surface area contributed by atoms with Crippen LogP contribution in [0.15, 0.2) is 18.5 Å². The van der Waals surface area contributed by atoms with Gasteiger partial charge in [-0.1, -0.05) is 0 Å². The Kier molecular flexibility index (Phi) is 5.24. The van der Waals surface area contributed by atoms with E-state index in [-0.39, 0.29) is 51.4 Å². The summed E-state index contributed by atoms with van der Waals surface area (Å²) in [4.78, 5) is 0. The molecule has 3 nitrogen and oxygen atoms in total. The normalized spacial score (nSPS) is 6.86. The first-order valence-electron chi connectivity index (χ1n) is 1.58. The van der Waals surface area contributed by atoms with Gasteiger partial charge in [0.25, 0.3) is 0 Å². The molecule has 0 fully saturated rings. The van der Waals surface area contributed by atoms with Crippen LogP contribution in [0, 0.1) is 0 Å². The van der Waals surface area contributed by atoms with Crippen molar-refractivity contribution in [2.75, 3.05) is 0 Å². The maximum Gasteiger partial charge on any atom is 0.0529 e. The molecule has 4 heteroatoms. The average molecular weight is 121 g/mol. The Morgan fingerprint density at radius 2 is 1.57 bits per heavy atom. The van der Waals surface area contributed by atoms with E-state index in [1.807, 2.05) is 0 Å². The Morgan fingerprint density at radius 3 is 1.71 bits per heavy atom. The van der Waals surface area contributed by atoms with Gasteiger partial charge in [0.05, 0.1) is 12.4 Å². The van der Waals surface area contributed by atoms with E-state index in [0.717, 1.165) is 0 Å². The van der Waals surface area contributed by atoms with Crippen LogP contribution in [-0.2, 0) is 0 Å². The Bertz CT molecular complexity index is 82.1. The zero-order valence-corrected chi connectivity index (χ0v) is 3.07. The molecule has 0 saturated carbocycles. The molecule has 1 aromatic heterocycles. The van der Waals surface area contributed by atoms with Crippen molar-refractivity contribution < 1.29 is 0 Å². The molecule has 0 aliphatic heterocycles. The molecule has 0 amide bonds. The maximum atomic E-state index is 3.42. The first kappa shape index (κ1) is 7.65. The molecule has 0 unspecified atom stereocenters. The third kappa shape index (κ3) is 3.25. The van der Waals surface area contributed by atoms with E-state index in [9.17, 15) is 0 Å². The maximum absolute atomic E-state index is 3.42. The van der Waals surface area contributed by atoms with Crippen molar-refractivity contribution in [1.82, 2.24) is 15.4 Å². The monoisotopic (exact) mass is 121 g/mol. The van der Waals surface area contributed by atoms with E-state index in [0.29, 0.717) is 0 Å². The number of hydrogen-bond acceptors (Lipinski definition) is 3. The molecule has 32 valence electrons. The molecule has 1 aromatic rings. The minimum Gasteiger partial charge on any atom is -0.139 e. The molecule has 7 heavy (non-hydrogen) atoms. The zero-order valence-electron chi connectivity index (χ0n) is 3.07. The fraction of sp³-hybridized carbons (Fsp3) is 0. The van der Waals surface area contributed by atoms with Crippen LogP contribution in [0.25, 0.3) is 0 Å². The summed E-state index contributed by atoms with van der Waals surface area (Å²) in [6.45, 7) is 0. The van der Waals surface area contributed by atoms with Crippen LogP contribution in [0.4, 0.5) is 0 Å². The summed E-state index contributed by atoms with van der Waals surface area (Å²) in [5.41, 5.74) is 0. The van der Waals surface area contributed by atoms with Gasteiger partial charge in [0, 0.05) is 0 Å². The molecule has 0 atom stereocenters. The molecule has 0 saturated heterocycles. The first-order valence-corrected chi connectivity index (χ1v) is 1.58. The second-order valence-corrected chi connectivity index (χ2v) is 0.811. The van der Waals surface area contributed by atoms with Gasteiger partial charge in [-0.25, -0.2) is 0 Å². The summed E-state index contributed by atoms with van der Waals surface area (Å²) in [5, 5.41) is 10.1. The van der Waals surface area contributed by atoms with Crippen molar-refractivity contribution in [2.24, 2.45) is 0 Å². The average Bonchev–Trinajstić information content (AvgIpc) is 1.72. The van der Waals surface area contributed by atoms with Gasteiger partial charge in [-0.2, -0.15) is 0 Å². The fourth-order valence-corrected chi connectivity index (χ4v) is 0.205. The van der Waals surface area contributed by atoms with Crippen LogP contribution in [0.1, 0.15) is 0 Å². The third-order valence-electron chi connectivity index (χ3n) is 0.409. The van der Waals surface area contributed by atoms with Gasteiger partial charge in [-0.15, -0.1) is 10.2 Å². The van der Waals surface area contributed by atoms with Crippen LogP contribution in [0.2, 0.25) is 0 Å². The molecule has 1 heterocycles. The van der Waals surface area contributed by atoms with Crippen molar-refractivity contribution in [3.63, 3.8) is 0 Å². The Morgan fingerprint density at radius 1 is 1.00 bits per heavy atom. The Labute approximate surface area is 83.9 Å². The van der Waals surface area contributed by atoms with Crippen molar-refractivity contribution in [3.05, 3.63) is 18.5 Å². The van der Waals surface area contributed by atoms with E-state index >= 15 is 0 Å². The Hall–Kier alpha value is 0.646. The van der Waals surface area contributed by atoms with E-state index in [4.69, 9.17) is 0 Å². The summed E-state index contributed by atoms with van der Waals surface area (Å²) in [6, 6.07) is 1.72. The van der Waals surface area contributed by atoms with Crippen LogP contribution in [-0.4, -0.2) is 66.8 Å². The quantitative estimate of drug-likeness (QED) is 0.423. The van der Waals surface area contributed by atoms with Gasteiger partial charge in [0.1, 0.15) is 0 Å². The van der Waals surface area contributed by atoms with E-state index < -0.39 is 0 Å². The van der Waals surface area contributed by atoms with Crippen LogP contribution < -0.4 is 0 Å². The number of rotatable bonds is 0. The molecule has 1 rings (SSSR count). The smallest absolute Gasteiger partial charge is 0.0529 e. The van der Waals surface area contributed by atoms with Gasteiger partial charge < -0.3 is 0 Å². The fourth-order valence-electron chi connectivity index (χ4n) is 0.205. The summed E-state index contributed by atoms with van der Waals surface area (Å²) in [5.74, 6) is 0. The predicted molar refractivity (Wildman–Crippen MR) is 27.0 cm³/mol. The van der Waals surface area contributed by atoms with Crippen molar-refractivity contribution in [1.29, 1.82) is 0 Å². The molecule has 0 aromatic carbocycles. The standard InChI is InChI=1S/C3H3N3.K.H/c1-2-4-6-5-3-1;;/h1-3H;;. The van der Waals surface area contributed by atoms with Gasteiger partial charge in [-0.3, -0.25) is 0 Å². The largest absolute Gasteiger partial charge is 0.139 e. The molecule has 0 N–H and O–H groups in total. The molecule has 0 bridgehead atoms. The second kappa shape index (κ2) is 4.80. The second-order valence-electron chi connectivity index (χ2n) is 0.811. The van der Waals surface area contributed by atoms with Gasteiger partial charge in [0.2, 0.25) is 0 Å².